The van der Waals surface area contributed by atoms with Crippen LogP contribution in [0.3, 0.4) is 0 Å². The summed E-state index contributed by atoms with van der Waals surface area (Å²) >= 11 is 0. The maximum Gasteiger partial charge on any atom is 0.242 e. The van der Waals surface area contributed by atoms with Crippen molar-refractivity contribution in [1.82, 2.24) is 10.2 Å². The van der Waals surface area contributed by atoms with Gasteiger partial charge >= 0.3 is 0 Å². The van der Waals surface area contributed by atoms with Crippen LogP contribution in [0.1, 0.15) is 18.1 Å². The van der Waals surface area contributed by atoms with Crippen LogP contribution in [0.4, 0.5) is 5.69 Å². The standard InChI is InChI=1S/C19H23N3O2/c1-2-22(14-16-6-4-3-5-7-16)19(24)13-21-18(23)12-15-8-10-17(20)11-9-15/h3-11H,2,12-14,20H2,1H3,(H,21,23). The Bertz CT molecular complexity index is 669. The van der Waals surface area contributed by atoms with Gasteiger partial charge in [-0.1, -0.05) is 42.5 Å². The summed E-state index contributed by atoms with van der Waals surface area (Å²) < 4.78 is 0. The number of likely N-dealkylation sites (N-methyl/N-ethyl adjacent to an activating group) is 1. The van der Waals surface area contributed by atoms with Crippen molar-refractivity contribution >= 4 is 17.5 Å². The number of anilines is 1. The van der Waals surface area contributed by atoms with Crippen LogP contribution >= 0.6 is 0 Å². The Labute approximate surface area is 142 Å². The van der Waals surface area contributed by atoms with Crippen LogP contribution in [0.15, 0.2) is 54.6 Å². The van der Waals surface area contributed by atoms with E-state index in [1.54, 1.807) is 17.0 Å². The van der Waals surface area contributed by atoms with E-state index in [0.717, 1.165) is 11.1 Å². The van der Waals surface area contributed by atoms with Crippen molar-refractivity contribution in [1.29, 1.82) is 0 Å². The highest BCUT2D eigenvalue weighted by molar-refractivity contribution is 5.85. The highest BCUT2D eigenvalue weighted by Gasteiger charge is 2.13. The van der Waals surface area contributed by atoms with Crippen LogP contribution < -0.4 is 11.1 Å². The molecule has 0 heterocycles. The summed E-state index contributed by atoms with van der Waals surface area (Å²) in [5, 5.41) is 2.68. The van der Waals surface area contributed by atoms with E-state index in [2.05, 4.69) is 5.32 Å². The minimum absolute atomic E-state index is 0.00841. The Morgan fingerprint density at radius 3 is 2.29 bits per heavy atom. The molecule has 126 valence electrons. The molecule has 0 aliphatic carbocycles. The molecule has 0 aromatic heterocycles. The SMILES string of the molecule is CCN(Cc1ccccc1)C(=O)CNC(=O)Cc1ccc(N)cc1. The molecule has 0 radical (unpaired) electrons. The summed E-state index contributed by atoms with van der Waals surface area (Å²) in [5.41, 5.74) is 8.21. The van der Waals surface area contributed by atoms with Gasteiger partial charge in [0, 0.05) is 18.8 Å². The fourth-order valence-electron chi connectivity index (χ4n) is 2.35. The monoisotopic (exact) mass is 325 g/mol. The normalized spacial score (nSPS) is 10.2. The third-order valence-electron chi connectivity index (χ3n) is 3.73. The maximum atomic E-state index is 12.3. The number of hydrogen-bond acceptors (Lipinski definition) is 3. The lowest BCUT2D eigenvalue weighted by Gasteiger charge is -2.21. The molecule has 0 unspecified atom stereocenters. The highest BCUT2D eigenvalue weighted by Crippen LogP contribution is 2.06. The van der Waals surface area contributed by atoms with Crippen LogP contribution in [-0.4, -0.2) is 29.8 Å². The molecule has 0 fully saturated rings. The first kappa shape index (κ1) is 17.5. The van der Waals surface area contributed by atoms with Crippen LogP contribution in [-0.2, 0) is 22.6 Å². The zero-order valence-electron chi connectivity index (χ0n) is 13.9. The molecule has 2 amide bonds. The highest BCUT2D eigenvalue weighted by atomic mass is 16.2. The van der Waals surface area contributed by atoms with Crippen molar-refractivity contribution < 1.29 is 9.59 Å². The van der Waals surface area contributed by atoms with Gasteiger partial charge in [0.1, 0.15) is 0 Å². The molecule has 5 heteroatoms. The summed E-state index contributed by atoms with van der Waals surface area (Å²) in [7, 11) is 0. The number of amides is 2. The van der Waals surface area contributed by atoms with Gasteiger partial charge in [0.25, 0.3) is 0 Å². The van der Waals surface area contributed by atoms with Crippen LogP contribution in [0.2, 0.25) is 0 Å². The van der Waals surface area contributed by atoms with Gasteiger partial charge in [0.2, 0.25) is 11.8 Å². The van der Waals surface area contributed by atoms with Gasteiger partial charge in [-0.25, -0.2) is 0 Å². The van der Waals surface area contributed by atoms with Crippen molar-refractivity contribution in [2.24, 2.45) is 0 Å². The third-order valence-corrected chi connectivity index (χ3v) is 3.73. The fraction of sp³-hybridized carbons (Fsp3) is 0.263. The van der Waals surface area contributed by atoms with Crippen molar-refractivity contribution in [3.05, 3.63) is 65.7 Å². The predicted octanol–water partition coefficient (Wildman–Crippen LogP) is 1.98. The molecular formula is C19H23N3O2. The Hall–Kier alpha value is -2.82. The number of nitrogens with zero attached hydrogens (tertiary/aromatic N) is 1. The first-order valence-electron chi connectivity index (χ1n) is 8.01. The molecule has 2 aromatic rings. The summed E-state index contributed by atoms with van der Waals surface area (Å²) in [4.78, 5) is 26.0. The van der Waals surface area contributed by atoms with E-state index in [1.165, 1.54) is 0 Å². The van der Waals surface area contributed by atoms with Crippen LogP contribution in [0.5, 0.6) is 0 Å². The van der Waals surface area contributed by atoms with Gasteiger partial charge in [-0.3, -0.25) is 9.59 Å². The predicted molar refractivity (Wildman–Crippen MR) is 95.1 cm³/mol. The first-order chi connectivity index (χ1) is 11.6. The van der Waals surface area contributed by atoms with Gasteiger partial charge in [-0.2, -0.15) is 0 Å². The second kappa shape index (κ2) is 8.72. The summed E-state index contributed by atoms with van der Waals surface area (Å²) in [6, 6.07) is 16.9. The van der Waals surface area contributed by atoms with Gasteiger partial charge in [0.05, 0.1) is 13.0 Å². The van der Waals surface area contributed by atoms with Crippen molar-refractivity contribution in [3.8, 4) is 0 Å². The Kier molecular flexibility index (Phi) is 6.37. The topological polar surface area (TPSA) is 75.4 Å². The number of carbonyl (C=O) groups excluding carboxylic acids is 2. The smallest absolute Gasteiger partial charge is 0.242 e. The molecule has 0 bridgehead atoms. The molecule has 24 heavy (non-hydrogen) atoms. The minimum atomic E-state index is -0.177. The quantitative estimate of drug-likeness (QED) is 0.764. The molecule has 0 atom stereocenters. The molecule has 2 aromatic carbocycles. The number of rotatable bonds is 7. The van der Waals surface area contributed by atoms with Crippen LogP contribution in [0.25, 0.3) is 0 Å². The molecule has 0 aliphatic rings. The number of nitrogen functional groups attached to an aromatic ring is 1. The maximum absolute atomic E-state index is 12.3. The van der Waals surface area contributed by atoms with E-state index in [1.807, 2.05) is 49.4 Å². The van der Waals surface area contributed by atoms with E-state index < -0.39 is 0 Å². The summed E-state index contributed by atoms with van der Waals surface area (Å²) in [6.45, 7) is 3.08. The number of carbonyl (C=O) groups is 2. The largest absolute Gasteiger partial charge is 0.399 e. The number of nitrogens with two attached hydrogens (primary N) is 1. The third kappa shape index (κ3) is 5.43. The molecule has 3 N–H and O–H groups in total. The number of nitrogens with one attached hydrogen (secondary N) is 1. The van der Waals surface area contributed by atoms with Crippen molar-refractivity contribution in [2.45, 2.75) is 19.9 Å². The lowest BCUT2D eigenvalue weighted by Crippen LogP contribution is -2.40. The Balaban J connectivity index is 1.82. The zero-order valence-corrected chi connectivity index (χ0v) is 13.9. The summed E-state index contributed by atoms with van der Waals surface area (Å²) in [6.07, 6.45) is 0.234. The average molecular weight is 325 g/mol. The Morgan fingerprint density at radius 2 is 1.67 bits per heavy atom. The summed E-state index contributed by atoms with van der Waals surface area (Å²) in [5.74, 6) is -0.268. The Morgan fingerprint density at radius 1 is 1.00 bits per heavy atom. The van der Waals surface area contributed by atoms with Gasteiger partial charge in [-0.05, 0) is 30.2 Å². The molecule has 0 saturated carbocycles. The lowest BCUT2D eigenvalue weighted by molar-refractivity contribution is -0.133. The molecule has 0 saturated heterocycles. The van der Waals surface area contributed by atoms with E-state index in [9.17, 15) is 9.59 Å². The second-order valence-electron chi connectivity index (χ2n) is 5.59. The molecule has 0 aliphatic heterocycles. The van der Waals surface area contributed by atoms with Gasteiger partial charge < -0.3 is 16.0 Å². The zero-order chi connectivity index (χ0) is 17.4. The average Bonchev–Trinajstić information content (AvgIpc) is 2.60. The van der Waals surface area contributed by atoms with Crippen molar-refractivity contribution in [2.75, 3.05) is 18.8 Å². The lowest BCUT2D eigenvalue weighted by atomic mass is 10.1. The van der Waals surface area contributed by atoms with Gasteiger partial charge in [0.15, 0.2) is 0 Å². The first-order valence-corrected chi connectivity index (χ1v) is 8.01. The molecule has 5 nitrogen and oxygen atoms in total. The fourth-order valence-corrected chi connectivity index (χ4v) is 2.35. The number of hydrogen-bond donors (Lipinski definition) is 2. The molecule has 2 rings (SSSR count). The van der Waals surface area contributed by atoms with Crippen LogP contribution in [0, 0.1) is 0 Å². The van der Waals surface area contributed by atoms with E-state index >= 15 is 0 Å². The molecule has 0 spiro atoms. The minimum Gasteiger partial charge on any atom is -0.399 e. The second-order valence-corrected chi connectivity index (χ2v) is 5.59. The number of benzene rings is 2. The van der Waals surface area contributed by atoms with Gasteiger partial charge in [-0.15, -0.1) is 0 Å². The van der Waals surface area contributed by atoms with E-state index in [0.29, 0.717) is 18.8 Å². The van der Waals surface area contributed by atoms with E-state index in [-0.39, 0.29) is 24.8 Å². The van der Waals surface area contributed by atoms with Crippen molar-refractivity contribution in [3.63, 3.8) is 0 Å². The molecular weight excluding hydrogens is 302 g/mol. The van der Waals surface area contributed by atoms with E-state index in [4.69, 9.17) is 5.73 Å².